The number of thioether (sulfide) groups is 1. The predicted octanol–water partition coefficient (Wildman–Crippen LogP) is 2.69. The quantitative estimate of drug-likeness (QED) is 0.231. The van der Waals surface area contributed by atoms with Crippen molar-refractivity contribution in [3.63, 3.8) is 0 Å². The molecule has 0 aliphatic carbocycles. The van der Waals surface area contributed by atoms with E-state index < -0.39 is 57.5 Å². The summed E-state index contributed by atoms with van der Waals surface area (Å²) in [6, 6.07) is 3.89. The van der Waals surface area contributed by atoms with Gasteiger partial charge in [0.25, 0.3) is 17.7 Å². The maximum absolute atomic E-state index is 13.2. The fourth-order valence-corrected chi connectivity index (χ4v) is 5.28. The molecule has 0 aromatic heterocycles. The maximum atomic E-state index is 13.2. The molecule has 1 saturated heterocycles. The van der Waals surface area contributed by atoms with E-state index in [0.717, 1.165) is 16.7 Å². The van der Waals surface area contributed by atoms with Crippen LogP contribution in [-0.4, -0.2) is 73.9 Å². The number of rotatable bonds is 6. The van der Waals surface area contributed by atoms with Crippen LogP contribution in [0.3, 0.4) is 0 Å². The summed E-state index contributed by atoms with van der Waals surface area (Å²) in [5, 5.41) is 0.814. The van der Waals surface area contributed by atoms with E-state index in [9.17, 15) is 24.0 Å². The van der Waals surface area contributed by atoms with Crippen LogP contribution in [0.4, 0.5) is 0 Å². The van der Waals surface area contributed by atoms with Crippen molar-refractivity contribution < 1.29 is 33.4 Å². The number of fused-ring (bicyclic) bond motifs is 2. The van der Waals surface area contributed by atoms with Gasteiger partial charge >= 0.3 is 11.9 Å². The summed E-state index contributed by atoms with van der Waals surface area (Å²) in [7, 11) is 0. The third-order valence-electron chi connectivity index (χ3n) is 5.43. The second-order valence-corrected chi connectivity index (χ2v) is 11.1. The molecule has 0 saturated carbocycles. The summed E-state index contributed by atoms with van der Waals surface area (Å²) in [6.07, 6.45) is 0.121. The lowest BCUT2D eigenvalue weighted by Crippen LogP contribution is -2.74. The molecule has 1 fully saturated rings. The number of hydrogen-bond donors (Lipinski definition) is 0. The Hall–Kier alpha value is -2.27. The van der Waals surface area contributed by atoms with Crippen LogP contribution in [-0.2, 0) is 23.9 Å². The topological polar surface area (TPSA) is 110 Å². The molecule has 13 heteroatoms. The lowest BCUT2D eigenvalue weighted by atomic mass is 9.97. The zero-order valence-corrected chi connectivity index (χ0v) is 20.6. The van der Waals surface area contributed by atoms with Crippen molar-refractivity contribution in [3.05, 3.63) is 46.4 Å². The summed E-state index contributed by atoms with van der Waals surface area (Å²) in [5.74, 6) is -3.19. The Kier molecular flexibility index (Phi) is 6.87. The molecule has 180 valence electrons. The van der Waals surface area contributed by atoms with Crippen LogP contribution >= 0.6 is 46.6 Å². The number of nitrogens with zero attached hydrogens (tertiary/aromatic N) is 2. The molecular weight excluding hydrogens is 531 g/mol. The Labute approximate surface area is 213 Å². The summed E-state index contributed by atoms with van der Waals surface area (Å²) in [4.78, 5) is 65.6. The van der Waals surface area contributed by atoms with E-state index in [1.807, 2.05) is 0 Å². The molecule has 0 radical (unpaired) electrons. The van der Waals surface area contributed by atoms with Crippen molar-refractivity contribution in [3.8, 4) is 0 Å². The zero-order valence-electron chi connectivity index (χ0n) is 17.5. The smallest absolute Gasteiger partial charge is 0.333 e. The van der Waals surface area contributed by atoms with Crippen LogP contribution in [0.2, 0.25) is 0 Å². The van der Waals surface area contributed by atoms with Gasteiger partial charge in [-0.3, -0.25) is 24.1 Å². The molecule has 3 amide bonds. The minimum absolute atomic E-state index is 0.121. The second-order valence-electron chi connectivity index (χ2n) is 7.58. The Morgan fingerprint density at radius 1 is 1.06 bits per heavy atom. The lowest BCUT2D eigenvalue weighted by Gasteiger charge is -2.53. The number of imide groups is 1. The number of benzene rings is 1. The first-order chi connectivity index (χ1) is 16.0. The predicted molar refractivity (Wildman–Crippen MR) is 123 cm³/mol. The van der Waals surface area contributed by atoms with Crippen LogP contribution in [0.25, 0.3) is 0 Å². The minimum atomic E-state index is -1.88. The molecule has 3 aliphatic rings. The van der Waals surface area contributed by atoms with Gasteiger partial charge in [-0.15, -0.1) is 11.8 Å². The number of esters is 2. The molecule has 34 heavy (non-hydrogen) atoms. The van der Waals surface area contributed by atoms with Gasteiger partial charge in [-0.05, 0) is 17.5 Å². The monoisotopic (exact) mass is 546 g/mol. The fourth-order valence-electron chi connectivity index (χ4n) is 3.86. The normalized spacial score (nSPS) is 23.7. The van der Waals surface area contributed by atoms with E-state index in [-0.39, 0.29) is 29.7 Å². The average Bonchev–Trinajstić information content (AvgIpc) is 3.05. The van der Waals surface area contributed by atoms with E-state index >= 15 is 0 Å². The first kappa shape index (κ1) is 24.8. The summed E-state index contributed by atoms with van der Waals surface area (Å²) in [6.45, 7) is 0.777. The highest BCUT2D eigenvalue weighted by Gasteiger charge is 2.61. The standard InChI is InChI=1S/C21H17Cl3N2O7S/c1-2-13(27)32-7-10-8-34-19-15(25-16(28)11-5-3-4-6-12(11)17(25)29)18(30)26(19)14(10)20(31)33-9-21(22,23)24/h3-6,8,14-15,19H,2,7,9H2,1H3/t14?,15?,19-/m1/s1. The van der Waals surface area contributed by atoms with Gasteiger partial charge in [-0.25, -0.2) is 4.79 Å². The highest BCUT2D eigenvalue weighted by atomic mass is 35.6. The number of halogens is 3. The summed E-state index contributed by atoms with van der Waals surface area (Å²) in [5.41, 5.74) is 0.702. The SMILES string of the molecule is CCC(=O)OCC1=CS[C@@H]2C(N3C(=O)c4ccccc4C3=O)C(=O)N2C1C(=O)OCC(Cl)(Cl)Cl. The molecule has 0 spiro atoms. The first-order valence-corrected chi connectivity index (χ1v) is 12.1. The Morgan fingerprint density at radius 3 is 2.24 bits per heavy atom. The third-order valence-corrected chi connectivity index (χ3v) is 6.96. The molecule has 3 atom stereocenters. The Balaban J connectivity index is 1.60. The molecule has 4 rings (SSSR count). The summed E-state index contributed by atoms with van der Waals surface area (Å²) >= 11 is 18.1. The van der Waals surface area contributed by atoms with Gasteiger partial charge in [0.1, 0.15) is 24.6 Å². The van der Waals surface area contributed by atoms with Crippen molar-refractivity contribution >= 4 is 76.2 Å². The molecule has 2 unspecified atom stereocenters. The largest absolute Gasteiger partial charge is 0.461 e. The second kappa shape index (κ2) is 9.41. The van der Waals surface area contributed by atoms with E-state index in [1.165, 1.54) is 17.0 Å². The van der Waals surface area contributed by atoms with Crippen LogP contribution in [0.1, 0.15) is 34.1 Å². The van der Waals surface area contributed by atoms with Crippen molar-refractivity contribution in [2.24, 2.45) is 0 Å². The van der Waals surface area contributed by atoms with E-state index in [2.05, 4.69) is 0 Å². The molecule has 0 N–H and O–H groups in total. The van der Waals surface area contributed by atoms with Crippen LogP contribution in [0, 0.1) is 0 Å². The van der Waals surface area contributed by atoms with Crippen molar-refractivity contribution in [1.29, 1.82) is 0 Å². The number of carbonyl (C=O) groups is 5. The van der Waals surface area contributed by atoms with Crippen molar-refractivity contribution in [1.82, 2.24) is 9.80 Å². The zero-order chi connectivity index (χ0) is 24.8. The number of hydrogen-bond acceptors (Lipinski definition) is 8. The fraction of sp³-hybridized carbons (Fsp3) is 0.381. The van der Waals surface area contributed by atoms with Crippen molar-refractivity contribution in [2.45, 2.75) is 34.6 Å². The average molecular weight is 548 g/mol. The van der Waals surface area contributed by atoms with Crippen LogP contribution in [0.5, 0.6) is 0 Å². The van der Waals surface area contributed by atoms with E-state index in [1.54, 1.807) is 24.5 Å². The lowest BCUT2D eigenvalue weighted by molar-refractivity contribution is -0.165. The first-order valence-electron chi connectivity index (χ1n) is 10.1. The van der Waals surface area contributed by atoms with Gasteiger partial charge in [0, 0.05) is 12.0 Å². The number of carbonyl (C=O) groups excluding carboxylic acids is 5. The highest BCUT2D eigenvalue weighted by Crippen LogP contribution is 2.44. The third kappa shape index (κ3) is 4.39. The van der Waals surface area contributed by atoms with Gasteiger partial charge in [0.15, 0.2) is 6.04 Å². The van der Waals surface area contributed by atoms with Crippen LogP contribution < -0.4 is 0 Å². The molecule has 9 nitrogen and oxygen atoms in total. The molecule has 3 heterocycles. The molecule has 0 bridgehead atoms. The maximum Gasteiger partial charge on any atom is 0.333 e. The number of β-lactam (4-membered cyclic amide) rings is 1. The van der Waals surface area contributed by atoms with Gasteiger partial charge in [0.05, 0.1) is 11.1 Å². The summed E-state index contributed by atoms with van der Waals surface area (Å²) < 4.78 is 8.36. The highest BCUT2D eigenvalue weighted by molar-refractivity contribution is 8.03. The van der Waals surface area contributed by atoms with Gasteiger partial charge < -0.3 is 14.4 Å². The number of amides is 3. The van der Waals surface area contributed by atoms with Crippen LogP contribution in [0.15, 0.2) is 35.2 Å². The Morgan fingerprint density at radius 2 is 1.68 bits per heavy atom. The van der Waals surface area contributed by atoms with E-state index in [4.69, 9.17) is 44.3 Å². The number of alkyl halides is 3. The Bertz CT molecular complexity index is 1080. The molecule has 1 aromatic carbocycles. The van der Waals surface area contributed by atoms with Crippen molar-refractivity contribution in [2.75, 3.05) is 13.2 Å². The van der Waals surface area contributed by atoms with Gasteiger partial charge in [-0.2, -0.15) is 0 Å². The number of ether oxygens (including phenoxy) is 2. The van der Waals surface area contributed by atoms with Gasteiger partial charge in [-0.1, -0.05) is 53.9 Å². The minimum Gasteiger partial charge on any atom is -0.461 e. The van der Waals surface area contributed by atoms with E-state index in [0.29, 0.717) is 0 Å². The van der Waals surface area contributed by atoms with Gasteiger partial charge in [0.2, 0.25) is 3.79 Å². The molecular formula is C21H17Cl3N2O7S. The molecule has 3 aliphatic heterocycles. The molecule has 1 aromatic rings.